The topological polar surface area (TPSA) is 168 Å². The van der Waals surface area contributed by atoms with Crippen LogP contribution in [0, 0.1) is 11.6 Å². The van der Waals surface area contributed by atoms with Gasteiger partial charge in [0.05, 0.1) is 31.0 Å². The Bertz CT molecular complexity index is 2710. The van der Waals surface area contributed by atoms with Crippen molar-refractivity contribution >= 4 is 51.5 Å². The number of fused-ring (bicyclic) bond motifs is 2. The number of imide groups is 1. The fraction of sp³-hybridized carbons (Fsp3) is 0.404. The van der Waals surface area contributed by atoms with Gasteiger partial charge in [0, 0.05) is 85.5 Å². The van der Waals surface area contributed by atoms with Crippen LogP contribution in [-0.4, -0.2) is 116 Å². The number of benzene rings is 3. The summed E-state index contributed by atoms with van der Waals surface area (Å²) in [4.78, 5) is 66.4. The summed E-state index contributed by atoms with van der Waals surface area (Å²) >= 11 is 1.27. The van der Waals surface area contributed by atoms with Crippen molar-refractivity contribution in [3.63, 3.8) is 0 Å². The summed E-state index contributed by atoms with van der Waals surface area (Å²) in [6, 6.07) is 12.9. The van der Waals surface area contributed by atoms with Crippen LogP contribution >= 0.6 is 11.3 Å². The first-order valence-electron chi connectivity index (χ1n) is 22.4. The predicted octanol–water partition coefficient (Wildman–Crippen LogP) is 5.41. The highest BCUT2D eigenvalue weighted by molar-refractivity contribution is 7.13. The molecule has 0 bridgehead atoms. The van der Waals surface area contributed by atoms with Gasteiger partial charge in [-0.1, -0.05) is 18.2 Å². The molecule has 4 atom stereocenters. The van der Waals surface area contributed by atoms with E-state index in [2.05, 4.69) is 30.8 Å². The number of rotatable bonds is 11. The third-order valence-electron chi connectivity index (χ3n) is 13.6. The Morgan fingerprint density at radius 3 is 2.45 bits per heavy atom. The molecule has 3 fully saturated rings. The molecular weight excluding hydrogens is 893 g/mol. The van der Waals surface area contributed by atoms with Gasteiger partial charge in [-0.05, 0) is 85.3 Å². The molecule has 3 aromatic carbocycles. The summed E-state index contributed by atoms with van der Waals surface area (Å²) in [6.45, 7) is 1.84. The zero-order valence-electron chi connectivity index (χ0n) is 36.3. The molecule has 4 amide bonds. The summed E-state index contributed by atoms with van der Waals surface area (Å²) in [5.41, 5.74) is 4.41. The minimum Gasteiger partial charge on any atom is -0.374 e. The SMILES string of the molecule is O=C1CCC(Nc2ccc(C3CCN(CC(=O)N4CCN(c5ccc(-c6cc(F)c7c(c6)C(O)N(C(C(=O)Nc6nccs6)c6ncn8c6CCC8)C7)cc5)CC4)CC3(F)F)c(F)c2)C(=O)N1. The Morgan fingerprint density at radius 2 is 1.72 bits per heavy atom. The van der Waals surface area contributed by atoms with Gasteiger partial charge in [0.25, 0.3) is 5.92 Å². The van der Waals surface area contributed by atoms with Crippen LogP contribution in [0.2, 0.25) is 0 Å². The van der Waals surface area contributed by atoms with Gasteiger partial charge < -0.3 is 30.1 Å². The molecule has 7 heterocycles. The van der Waals surface area contributed by atoms with Crippen LogP contribution in [0.5, 0.6) is 0 Å². The van der Waals surface area contributed by atoms with Crippen molar-refractivity contribution in [1.82, 2.24) is 34.6 Å². The monoisotopic (exact) mass is 940 g/mol. The third-order valence-corrected chi connectivity index (χ3v) is 14.3. The van der Waals surface area contributed by atoms with Crippen molar-refractivity contribution < 1.29 is 41.8 Å². The lowest BCUT2D eigenvalue weighted by atomic mass is 9.85. The Hall–Kier alpha value is -6.22. The molecule has 0 radical (unpaired) electrons. The molecule has 20 heteroatoms. The van der Waals surface area contributed by atoms with E-state index in [0.717, 1.165) is 42.4 Å². The number of nitrogens with one attached hydrogen (secondary N) is 3. The molecule has 67 heavy (non-hydrogen) atoms. The Labute approximate surface area is 386 Å². The van der Waals surface area contributed by atoms with Crippen molar-refractivity contribution in [2.75, 3.05) is 61.3 Å². The number of aliphatic hydroxyl groups excluding tert-OH is 1. The second-order valence-corrected chi connectivity index (χ2v) is 18.7. The fourth-order valence-corrected chi connectivity index (χ4v) is 10.7. The summed E-state index contributed by atoms with van der Waals surface area (Å²) in [7, 11) is 0. The number of alkyl halides is 2. The van der Waals surface area contributed by atoms with Crippen molar-refractivity contribution in [3.8, 4) is 11.1 Å². The number of amides is 4. The Morgan fingerprint density at radius 1 is 0.910 bits per heavy atom. The predicted molar refractivity (Wildman–Crippen MR) is 240 cm³/mol. The van der Waals surface area contributed by atoms with E-state index in [1.165, 1.54) is 34.4 Å². The number of anilines is 3. The number of carbonyl (C=O) groups is 4. The van der Waals surface area contributed by atoms with Crippen LogP contribution in [0.25, 0.3) is 11.1 Å². The van der Waals surface area contributed by atoms with Gasteiger partial charge >= 0.3 is 0 Å². The molecule has 0 aliphatic carbocycles. The molecule has 4 unspecified atom stereocenters. The lowest BCUT2D eigenvalue weighted by molar-refractivity contribution is -0.137. The van der Waals surface area contributed by atoms with Gasteiger partial charge in [-0.25, -0.2) is 27.5 Å². The number of carbonyl (C=O) groups excluding carboxylic acids is 4. The fourth-order valence-electron chi connectivity index (χ4n) is 10.2. The zero-order valence-corrected chi connectivity index (χ0v) is 37.1. The van der Waals surface area contributed by atoms with Crippen molar-refractivity contribution in [3.05, 3.63) is 112 Å². The Kier molecular flexibility index (Phi) is 12.1. The van der Waals surface area contributed by atoms with Gasteiger partial charge in [-0.15, -0.1) is 11.3 Å². The molecule has 5 aliphatic rings. The molecule has 10 rings (SSSR count). The van der Waals surface area contributed by atoms with Gasteiger partial charge in [0.2, 0.25) is 23.6 Å². The van der Waals surface area contributed by atoms with Gasteiger partial charge in [0.15, 0.2) is 5.13 Å². The van der Waals surface area contributed by atoms with Crippen LogP contribution in [-0.2, 0) is 38.7 Å². The van der Waals surface area contributed by atoms with E-state index in [0.29, 0.717) is 53.7 Å². The number of piperazine rings is 1. The highest BCUT2D eigenvalue weighted by atomic mass is 32.1. The van der Waals surface area contributed by atoms with Crippen LogP contribution in [0.1, 0.15) is 71.9 Å². The Balaban J connectivity index is 0.739. The number of aryl methyl sites for hydroxylation is 1. The first-order valence-corrected chi connectivity index (χ1v) is 23.3. The van der Waals surface area contributed by atoms with Crippen LogP contribution in [0.3, 0.4) is 0 Å². The smallest absolute Gasteiger partial charge is 0.267 e. The lowest BCUT2D eigenvalue weighted by Crippen LogP contribution is -2.54. The van der Waals surface area contributed by atoms with E-state index in [-0.39, 0.29) is 62.0 Å². The number of halogens is 4. The van der Waals surface area contributed by atoms with E-state index >= 15 is 17.6 Å². The number of aromatic nitrogens is 3. The number of hydrogen-bond acceptors (Lipinski definition) is 12. The van der Waals surface area contributed by atoms with Gasteiger partial charge in [-0.2, -0.15) is 0 Å². The number of likely N-dealkylation sites (tertiary alicyclic amines) is 1. The van der Waals surface area contributed by atoms with Crippen LogP contribution < -0.4 is 20.9 Å². The molecule has 0 spiro atoms. The molecule has 5 aliphatic heterocycles. The van der Waals surface area contributed by atoms with Crippen LogP contribution in [0.15, 0.2) is 72.5 Å². The molecule has 350 valence electrons. The molecule has 4 N–H and O–H groups in total. The maximum Gasteiger partial charge on any atom is 0.267 e. The summed E-state index contributed by atoms with van der Waals surface area (Å²) in [5, 5.41) is 21.9. The van der Waals surface area contributed by atoms with E-state index in [9.17, 15) is 24.3 Å². The number of imidazole rings is 1. The van der Waals surface area contributed by atoms with Crippen molar-refractivity contribution in [2.45, 2.75) is 75.3 Å². The normalized spacial score (nSPS) is 22.3. The molecule has 2 aromatic heterocycles. The average molecular weight is 941 g/mol. The first-order chi connectivity index (χ1) is 32.3. The number of thiazole rings is 1. The third kappa shape index (κ3) is 8.90. The lowest BCUT2D eigenvalue weighted by Gasteiger charge is -2.40. The number of piperidine rings is 2. The van der Waals surface area contributed by atoms with Gasteiger partial charge in [-0.3, -0.25) is 34.3 Å². The summed E-state index contributed by atoms with van der Waals surface area (Å²) < 4.78 is 64.5. The summed E-state index contributed by atoms with van der Waals surface area (Å²) in [5.74, 6) is -7.61. The molecule has 5 aromatic rings. The van der Waals surface area contributed by atoms with E-state index in [4.69, 9.17) is 0 Å². The molecular formula is C47H48F4N10O5S. The molecule has 15 nitrogen and oxygen atoms in total. The maximum absolute atomic E-state index is 16.0. The maximum atomic E-state index is 16.0. The number of aliphatic hydroxyl groups is 1. The summed E-state index contributed by atoms with van der Waals surface area (Å²) in [6.07, 6.45) is 3.97. The quantitative estimate of drug-likeness (QED) is 0.0989. The average Bonchev–Trinajstić information content (AvgIpc) is 4.13. The van der Waals surface area contributed by atoms with E-state index in [1.54, 1.807) is 33.8 Å². The molecule has 3 saturated heterocycles. The van der Waals surface area contributed by atoms with E-state index in [1.807, 2.05) is 28.8 Å². The van der Waals surface area contributed by atoms with E-state index < -0.39 is 60.1 Å². The van der Waals surface area contributed by atoms with Crippen molar-refractivity contribution in [1.29, 1.82) is 0 Å². The minimum atomic E-state index is -3.31. The highest BCUT2D eigenvalue weighted by Crippen LogP contribution is 2.44. The first kappa shape index (κ1) is 44.6. The zero-order chi connectivity index (χ0) is 46.6. The number of nitrogens with zero attached hydrogens (tertiary/aromatic N) is 7. The largest absolute Gasteiger partial charge is 0.374 e. The number of hydrogen-bond donors (Lipinski definition) is 4. The standard InChI is InChI=1S/C47H48F4N10O5S/c48-35-21-28(20-32-33(35)23-61(45(32)66)42(44(65)56-46-52-12-19-67-46)41-38-2-1-13-60(38)26-53-41)27-3-6-30(7-4-27)58-15-17-59(18-16-58)40(63)24-57-14-11-34(47(50,51)25-57)31-8-5-29(22-36(31)49)54-37-9-10-39(62)55-43(37)64/h3-8,12,19-22,26,34,37,42,45,54,66H,1-2,9-11,13-18,23-25H2,(H,52,56,65)(H,55,62,64). The minimum absolute atomic E-state index is 0.00411. The molecule has 0 saturated carbocycles. The highest BCUT2D eigenvalue weighted by Gasteiger charge is 2.47. The second-order valence-electron chi connectivity index (χ2n) is 17.8. The van der Waals surface area contributed by atoms with Crippen molar-refractivity contribution in [2.24, 2.45) is 0 Å². The van der Waals surface area contributed by atoms with Gasteiger partial charge in [0.1, 0.15) is 29.9 Å². The van der Waals surface area contributed by atoms with Crippen LogP contribution in [0.4, 0.5) is 34.1 Å². The second kappa shape index (κ2) is 18.1.